The highest BCUT2D eigenvalue weighted by Crippen LogP contribution is 2.31. The van der Waals surface area contributed by atoms with Crippen molar-refractivity contribution in [1.29, 1.82) is 0 Å². The molecule has 1 saturated heterocycles. The summed E-state index contributed by atoms with van der Waals surface area (Å²) in [5, 5.41) is 0.787. The van der Waals surface area contributed by atoms with Gasteiger partial charge in [0.15, 0.2) is 0 Å². The number of nitrogen functional groups attached to an aromatic ring is 1. The topological polar surface area (TPSA) is 29.3 Å². The van der Waals surface area contributed by atoms with Crippen LogP contribution in [0.25, 0.3) is 0 Å². The third kappa shape index (κ3) is 3.14. The van der Waals surface area contributed by atoms with Crippen LogP contribution in [0.1, 0.15) is 32.3 Å². The number of benzene rings is 1. The Balaban J connectivity index is 2.03. The van der Waals surface area contributed by atoms with Crippen LogP contribution in [0.4, 0.5) is 5.69 Å². The van der Waals surface area contributed by atoms with E-state index >= 15 is 0 Å². The van der Waals surface area contributed by atoms with E-state index in [0.717, 1.165) is 35.9 Å². The number of nitrogens with two attached hydrogens (primary N) is 1. The summed E-state index contributed by atoms with van der Waals surface area (Å²) in [6.45, 7) is 7.83. The molecule has 0 bridgehead atoms. The maximum atomic E-state index is 6.20. The van der Waals surface area contributed by atoms with Crippen LogP contribution >= 0.6 is 11.6 Å². The van der Waals surface area contributed by atoms with E-state index in [4.69, 9.17) is 17.3 Å². The predicted molar refractivity (Wildman–Crippen MR) is 74.2 cm³/mol. The van der Waals surface area contributed by atoms with Gasteiger partial charge < -0.3 is 5.73 Å². The first-order valence-corrected chi connectivity index (χ1v) is 6.61. The van der Waals surface area contributed by atoms with Crippen molar-refractivity contribution in [2.45, 2.75) is 33.2 Å². The molecule has 1 heterocycles. The van der Waals surface area contributed by atoms with Crippen LogP contribution in [0, 0.1) is 5.41 Å². The smallest absolute Gasteiger partial charge is 0.0471 e. The van der Waals surface area contributed by atoms with Gasteiger partial charge in [0, 0.05) is 22.8 Å². The van der Waals surface area contributed by atoms with E-state index < -0.39 is 0 Å². The van der Waals surface area contributed by atoms with E-state index in [9.17, 15) is 0 Å². The molecule has 1 aliphatic heterocycles. The van der Waals surface area contributed by atoms with Crippen LogP contribution in [0.2, 0.25) is 5.02 Å². The highest BCUT2D eigenvalue weighted by Gasteiger charge is 2.25. The fourth-order valence-electron chi connectivity index (χ4n) is 2.28. The molecule has 2 N–H and O–H groups in total. The third-order valence-corrected chi connectivity index (χ3v) is 4.10. The van der Waals surface area contributed by atoms with Crippen molar-refractivity contribution in [3.63, 3.8) is 0 Å². The number of nitrogens with zero attached hydrogens (tertiary/aromatic N) is 1. The Labute approximate surface area is 109 Å². The summed E-state index contributed by atoms with van der Waals surface area (Å²) in [6.07, 6.45) is 2.49. The fourth-order valence-corrected chi connectivity index (χ4v) is 2.52. The van der Waals surface area contributed by atoms with Crippen LogP contribution in [-0.2, 0) is 6.54 Å². The van der Waals surface area contributed by atoms with Crippen LogP contribution in [0.15, 0.2) is 18.2 Å². The highest BCUT2D eigenvalue weighted by atomic mass is 35.5. The standard InChI is InChI=1S/C14H21ClN2/c1-14(2)6-8-17(9-7-14)10-11-12(15)4-3-5-13(11)16/h3-5H,6-10,16H2,1-2H3. The van der Waals surface area contributed by atoms with Crippen LogP contribution in [0.3, 0.4) is 0 Å². The lowest BCUT2D eigenvalue weighted by atomic mass is 9.82. The first-order chi connectivity index (χ1) is 7.98. The maximum Gasteiger partial charge on any atom is 0.0471 e. The second-order valence-corrected chi connectivity index (χ2v) is 6.16. The average molecular weight is 253 g/mol. The van der Waals surface area contributed by atoms with Gasteiger partial charge in [-0.15, -0.1) is 0 Å². The second kappa shape index (κ2) is 4.87. The molecule has 1 aliphatic rings. The summed E-state index contributed by atoms with van der Waals surface area (Å²) in [4.78, 5) is 2.45. The van der Waals surface area contributed by atoms with Crippen molar-refractivity contribution in [2.75, 3.05) is 18.8 Å². The van der Waals surface area contributed by atoms with Crippen LogP contribution < -0.4 is 5.73 Å². The van der Waals surface area contributed by atoms with Gasteiger partial charge in [0.1, 0.15) is 0 Å². The minimum Gasteiger partial charge on any atom is -0.398 e. The largest absolute Gasteiger partial charge is 0.398 e. The Kier molecular flexibility index (Phi) is 3.64. The van der Waals surface area contributed by atoms with E-state index in [0.29, 0.717) is 5.41 Å². The van der Waals surface area contributed by atoms with E-state index in [1.165, 1.54) is 12.8 Å². The molecule has 2 rings (SSSR count). The molecule has 0 radical (unpaired) electrons. The van der Waals surface area contributed by atoms with Crippen LogP contribution in [-0.4, -0.2) is 18.0 Å². The molecule has 0 aliphatic carbocycles. The molecule has 0 unspecified atom stereocenters. The van der Waals surface area contributed by atoms with Crippen molar-refractivity contribution in [3.05, 3.63) is 28.8 Å². The molecule has 0 spiro atoms. The fraction of sp³-hybridized carbons (Fsp3) is 0.571. The maximum absolute atomic E-state index is 6.20. The Morgan fingerprint density at radius 2 is 1.94 bits per heavy atom. The molecule has 1 aromatic carbocycles. The number of likely N-dealkylation sites (tertiary alicyclic amines) is 1. The minimum absolute atomic E-state index is 0.489. The van der Waals surface area contributed by atoms with Gasteiger partial charge in [0.05, 0.1) is 0 Å². The van der Waals surface area contributed by atoms with E-state index in [-0.39, 0.29) is 0 Å². The molecule has 0 aromatic heterocycles. The zero-order chi connectivity index (χ0) is 12.5. The SMILES string of the molecule is CC1(C)CCN(Cc2c(N)cccc2Cl)CC1. The average Bonchev–Trinajstić information content (AvgIpc) is 2.26. The molecular formula is C14H21ClN2. The van der Waals surface area contributed by atoms with E-state index in [1.807, 2.05) is 18.2 Å². The number of anilines is 1. The van der Waals surface area contributed by atoms with Crippen molar-refractivity contribution in [2.24, 2.45) is 5.41 Å². The van der Waals surface area contributed by atoms with Crippen molar-refractivity contribution in [1.82, 2.24) is 4.90 Å². The van der Waals surface area contributed by atoms with Gasteiger partial charge >= 0.3 is 0 Å². The lowest BCUT2D eigenvalue weighted by Gasteiger charge is -2.37. The number of piperidine rings is 1. The lowest BCUT2D eigenvalue weighted by molar-refractivity contribution is 0.127. The molecule has 94 valence electrons. The quantitative estimate of drug-likeness (QED) is 0.816. The summed E-state index contributed by atoms with van der Waals surface area (Å²) in [6, 6.07) is 5.75. The molecule has 1 fully saturated rings. The van der Waals surface area contributed by atoms with Crippen LogP contribution in [0.5, 0.6) is 0 Å². The third-order valence-electron chi connectivity index (χ3n) is 3.75. The van der Waals surface area contributed by atoms with E-state index in [2.05, 4.69) is 18.7 Å². The summed E-state index contributed by atoms with van der Waals surface area (Å²) in [5.41, 5.74) is 8.35. The Bertz CT molecular complexity index is 371. The summed E-state index contributed by atoms with van der Waals surface area (Å²) in [7, 11) is 0. The van der Waals surface area contributed by atoms with Gasteiger partial charge in [-0.2, -0.15) is 0 Å². The number of hydrogen-bond donors (Lipinski definition) is 1. The predicted octanol–water partition coefficient (Wildman–Crippen LogP) is 3.54. The normalized spacial score (nSPS) is 20.4. The number of halogens is 1. The zero-order valence-corrected chi connectivity index (χ0v) is 11.4. The van der Waals surface area contributed by atoms with Crippen molar-refractivity contribution < 1.29 is 0 Å². The summed E-state index contributed by atoms with van der Waals surface area (Å²) in [5.74, 6) is 0. The van der Waals surface area contributed by atoms with Gasteiger partial charge in [-0.1, -0.05) is 31.5 Å². The molecule has 2 nitrogen and oxygen atoms in total. The molecule has 0 atom stereocenters. The summed E-state index contributed by atoms with van der Waals surface area (Å²) >= 11 is 6.20. The zero-order valence-electron chi connectivity index (χ0n) is 10.7. The van der Waals surface area contributed by atoms with Gasteiger partial charge in [-0.25, -0.2) is 0 Å². The molecule has 0 saturated carbocycles. The molecule has 1 aromatic rings. The monoisotopic (exact) mass is 252 g/mol. The van der Waals surface area contributed by atoms with Gasteiger partial charge in [-0.05, 0) is 43.5 Å². The van der Waals surface area contributed by atoms with E-state index in [1.54, 1.807) is 0 Å². The van der Waals surface area contributed by atoms with Crippen molar-refractivity contribution >= 4 is 17.3 Å². The summed E-state index contributed by atoms with van der Waals surface area (Å²) < 4.78 is 0. The van der Waals surface area contributed by atoms with Gasteiger partial charge in [-0.3, -0.25) is 4.90 Å². The Hall–Kier alpha value is -0.730. The van der Waals surface area contributed by atoms with Crippen molar-refractivity contribution in [3.8, 4) is 0 Å². The first-order valence-electron chi connectivity index (χ1n) is 6.23. The minimum atomic E-state index is 0.489. The second-order valence-electron chi connectivity index (χ2n) is 5.75. The van der Waals surface area contributed by atoms with Gasteiger partial charge in [0.2, 0.25) is 0 Å². The molecule has 3 heteroatoms. The Morgan fingerprint density at radius 3 is 2.53 bits per heavy atom. The van der Waals surface area contributed by atoms with Gasteiger partial charge in [0.25, 0.3) is 0 Å². The number of rotatable bonds is 2. The molecular weight excluding hydrogens is 232 g/mol. The highest BCUT2D eigenvalue weighted by molar-refractivity contribution is 6.31. The molecule has 17 heavy (non-hydrogen) atoms. The first kappa shape index (κ1) is 12.7. The Morgan fingerprint density at radius 1 is 1.29 bits per heavy atom. The molecule has 0 amide bonds. The number of hydrogen-bond acceptors (Lipinski definition) is 2. The lowest BCUT2D eigenvalue weighted by Crippen LogP contribution is -2.37.